The second-order valence-corrected chi connectivity index (χ2v) is 4.14. The molecule has 0 bridgehead atoms. The molecule has 0 aromatic rings. The Morgan fingerprint density at radius 3 is 2.42 bits per heavy atom. The second kappa shape index (κ2) is 2.62. The molecule has 4 nitrogen and oxygen atoms in total. The number of nitrogens with two attached hydrogens (primary N) is 1. The minimum atomic E-state index is -0.742. The normalized spacial score (nSPS) is 28.2. The minimum Gasteiger partial charge on any atom is -0.447 e. The van der Waals surface area contributed by atoms with Gasteiger partial charge >= 0.3 is 6.09 Å². The van der Waals surface area contributed by atoms with Crippen LogP contribution in [0.4, 0.5) is 4.79 Å². The van der Waals surface area contributed by atoms with Crippen LogP contribution in [0, 0.1) is 5.41 Å². The Bertz CT molecular complexity index is 191. The summed E-state index contributed by atoms with van der Waals surface area (Å²) in [6.45, 7) is 7.04. The van der Waals surface area contributed by atoms with E-state index in [0.29, 0.717) is 6.61 Å². The third-order valence-corrected chi connectivity index (χ3v) is 2.31. The van der Waals surface area contributed by atoms with E-state index in [2.05, 4.69) is 0 Å². The van der Waals surface area contributed by atoms with Gasteiger partial charge in [-0.15, -0.1) is 0 Å². The largest absolute Gasteiger partial charge is 0.447 e. The second-order valence-electron chi connectivity index (χ2n) is 4.14. The maximum atomic E-state index is 10.3. The first kappa shape index (κ1) is 9.32. The molecule has 0 aromatic heterocycles. The van der Waals surface area contributed by atoms with Gasteiger partial charge < -0.3 is 15.2 Å². The Morgan fingerprint density at radius 1 is 1.67 bits per heavy atom. The van der Waals surface area contributed by atoms with E-state index in [0.717, 1.165) is 0 Å². The molecular weight excluding hydrogens is 158 g/mol. The number of carbonyl (C=O) groups excluding carboxylic acids is 1. The topological polar surface area (TPSA) is 64.8 Å². The van der Waals surface area contributed by atoms with E-state index in [1.165, 1.54) is 0 Å². The van der Waals surface area contributed by atoms with E-state index in [1.807, 2.05) is 20.8 Å². The lowest BCUT2D eigenvalue weighted by molar-refractivity contribution is 0.0637. The van der Waals surface area contributed by atoms with Gasteiger partial charge in [-0.2, -0.15) is 0 Å². The van der Waals surface area contributed by atoms with Gasteiger partial charge in [-0.1, -0.05) is 20.8 Å². The molecule has 1 aliphatic rings. The van der Waals surface area contributed by atoms with Crippen molar-refractivity contribution < 1.29 is 14.3 Å². The lowest BCUT2D eigenvalue weighted by Gasteiger charge is -2.26. The minimum absolute atomic E-state index is 0.0115. The monoisotopic (exact) mass is 173 g/mol. The Morgan fingerprint density at radius 2 is 2.17 bits per heavy atom. The highest BCUT2D eigenvalue weighted by molar-refractivity contribution is 5.64. The van der Waals surface area contributed by atoms with Gasteiger partial charge in [-0.3, -0.25) is 0 Å². The fourth-order valence-corrected chi connectivity index (χ4v) is 1.01. The van der Waals surface area contributed by atoms with Crippen molar-refractivity contribution in [3.63, 3.8) is 0 Å². The van der Waals surface area contributed by atoms with Gasteiger partial charge in [-0.05, 0) is 5.41 Å². The predicted octanol–water partition coefficient (Wildman–Crippen LogP) is 0.897. The highest BCUT2D eigenvalue weighted by Gasteiger charge is 2.55. The summed E-state index contributed by atoms with van der Waals surface area (Å²) >= 11 is 0. The highest BCUT2D eigenvalue weighted by Crippen LogP contribution is 2.44. The van der Waals surface area contributed by atoms with Crippen LogP contribution < -0.4 is 5.73 Å². The van der Waals surface area contributed by atoms with E-state index in [1.54, 1.807) is 0 Å². The lowest BCUT2D eigenvalue weighted by atomic mass is 9.81. The summed E-state index contributed by atoms with van der Waals surface area (Å²) in [6, 6.07) is 0. The van der Waals surface area contributed by atoms with Crippen LogP contribution >= 0.6 is 0 Å². The van der Waals surface area contributed by atoms with Crippen molar-refractivity contribution in [2.75, 3.05) is 13.2 Å². The van der Waals surface area contributed by atoms with Gasteiger partial charge in [0.2, 0.25) is 0 Å². The van der Waals surface area contributed by atoms with Gasteiger partial charge in [0.05, 0.1) is 6.61 Å². The SMILES string of the molecule is CC(C)(C)C1(COC(N)=O)CO1. The van der Waals surface area contributed by atoms with Crippen molar-refractivity contribution in [3.05, 3.63) is 0 Å². The van der Waals surface area contributed by atoms with Gasteiger partial charge in [0.1, 0.15) is 12.2 Å². The maximum Gasteiger partial charge on any atom is 0.404 e. The van der Waals surface area contributed by atoms with Crippen molar-refractivity contribution in [1.82, 2.24) is 0 Å². The molecule has 1 amide bonds. The molecule has 1 heterocycles. The van der Waals surface area contributed by atoms with Gasteiger partial charge in [-0.25, -0.2) is 4.79 Å². The fraction of sp³-hybridized carbons (Fsp3) is 0.875. The standard InChI is InChI=1S/C8H15NO3/c1-7(2,3)8(5-12-8)4-11-6(9)10/h4-5H2,1-3H3,(H2,9,10). The van der Waals surface area contributed by atoms with Crippen LogP contribution in [0.15, 0.2) is 0 Å². The lowest BCUT2D eigenvalue weighted by Crippen LogP contribution is -2.36. The molecule has 0 radical (unpaired) electrons. The van der Waals surface area contributed by atoms with Crippen molar-refractivity contribution in [2.45, 2.75) is 26.4 Å². The van der Waals surface area contributed by atoms with Crippen molar-refractivity contribution in [1.29, 1.82) is 0 Å². The summed E-state index contributed by atoms with van der Waals surface area (Å²) in [7, 11) is 0. The van der Waals surface area contributed by atoms with Crippen molar-refractivity contribution in [3.8, 4) is 0 Å². The average Bonchev–Trinajstić information content (AvgIpc) is 2.60. The first-order valence-electron chi connectivity index (χ1n) is 3.94. The van der Waals surface area contributed by atoms with Crippen molar-refractivity contribution in [2.24, 2.45) is 11.1 Å². The van der Waals surface area contributed by atoms with Gasteiger partial charge in [0.15, 0.2) is 0 Å². The summed E-state index contributed by atoms with van der Waals surface area (Å²) in [6.07, 6.45) is -0.742. The summed E-state index contributed by atoms with van der Waals surface area (Å²) < 4.78 is 9.99. The number of primary amides is 1. The zero-order valence-electron chi connectivity index (χ0n) is 7.72. The van der Waals surface area contributed by atoms with Crippen LogP contribution in [0.1, 0.15) is 20.8 Å². The number of carbonyl (C=O) groups is 1. The van der Waals surface area contributed by atoms with Gasteiger partial charge in [0, 0.05) is 0 Å². The molecule has 2 N–H and O–H groups in total. The predicted molar refractivity (Wildman–Crippen MR) is 43.7 cm³/mol. The van der Waals surface area contributed by atoms with Crippen LogP contribution in [-0.2, 0) is 9.47 Å². The number of hydrogen-bond donors (Lipinski definition) is 1. The molecule has 0 aromatic carbocycles. The molecule has 0 aliphatic carbocycles. The van der Waals surface area contributed by atoms with Crippen LogP contribution in [-0.4, -0.2) is 24.9 Å². The average molecular weight is 173 g/mol. The Hall–Kier alpha value is -0.770. The maximum absolute atomic E-state index is 10.3. The zero-order valence-corrected chi connectivity index (χ0v) is 7.72. The highest BCUT2D eigenvalue weighted by atomic mass is 16.6. The van der Waals surface area contributed by atoms with Crippen molar-refractivity contribution >= 4 is 6.09 Å². The Kier molecular flexibility index (Phi) is 2.04. The summed E-state index contributed by atoms with van der Waals surface area (Å²) in [5, 5.41) is 0. The summed E-state index contributed by atoms with van der Waals surface area (Å²) in [4.78, 5) is 10.3. The molecule has 4 heteroatoms. The Balaban J connectivity index is 2.46. The van der Waals surface area contributed by atoms with E-state index in [9.17, 15) is 4.79 Å². The number of hydrogen-bond acceptors (Lipinski definition) is 3. The number of rotatable bonds is 2. The smallest absolute Gasteiger partial charge is 0.404 e. The molecule has 1 fully saturated rings. The molecule has 0 saturated carbocycles. The molecule has 1 atom stereocenters. The van der Waals surface area contributed by atoms with E-state index in [-0.39, 0.29) is 17.6 Å². The third kappa shape index (κ3) is 1.69. The molecule has 70 valence electrons. The molecule has 1 saturated heterocycles. The first-order valence-corrected chi connectivity index (χ1v) is 3.94. The van der Waals surface area contributed by atoms with E-state index >= 15 is 0 Å². The van der Waals surface area contributed by atoms with E-state index in [4.69, 9.17) is 15.2 Å². The quantitative estimate of drug-likeness (QED) is 0.631. The first-order chi connectivity index (χ1) is 5.37. The molecule has 0 spiro atoms. The number of epoxide rings is 1. The molecule has 1 aliphatic heterocycles. The van der Waals surface area contributed by atoms with E-state index < -0.39 is 6.09 Å². The number of amides is 1. The summed E-state index contributed by atoms with van der Waals surface area (Å²) in [5.74, 6) is 0. The Labute approximate surface area is 72.0 Å². The third-order valence-electron chi connectivity index (χ3n) is 2.31. The fourth-order valence-electron chi connectivity index (χ4n) is 1.01. The molecule has 1 rings (SSSR count). The van der Waals surface area contributed by atoms with Gasteiger partial charge in [0.25, 0.3) is 0 Å². The summed E-state index contributed by atoms with van der Waals surface area (Å²) in [5.41, 5.74) is 4.54. The van der Waals surface area contributed by atoms with Crippen LogP contribution in [0.5, 0.6) is 0 Å². The molecular formula is C8H15NO3. The zero-order chi connectivity index (χ0) is 9.41. The van der Waals surface area contributed by atoms with Crippen LogP contribution in [0.3, 0.4) is 0 Å². The number of ether oxygens (including phenoxy) is 2. The molecule has 12 heavy (non-hydrogen) atoms. The van der Waals surface area contributed by atoms with Crippen LogP contribution in [0.2, 0.25) is 0 Å². The van der Waals surface area contributed by atoms with Crippen LogP contribution in [0.25, 0.3) is 0 Å². The molecule has 1 unspecified atom stereocenters.